The molecule has 11 heavy (non-hydrogen) atoms. The third-order valence-corrected chi connectivity index (χ3v) is 1.63. The molecule has 0 rings (SSSR count). The molecule has 2 unspecified atom stereocenters. The van der Waals surface area contributed by atoms with Gasteiger partial charge in [-0.25, -0.2) is 0 Å². The molecule has 1 N–H and O–H groups in total. The first-order valence-electron chi connectivity index (χ1n) is 4.04. The molecular formula is C8H18O3. The Kier molecular flexibility index (Phi) is 6.51. The van der Waals surface area contributed by atoms with Crippen molar-refractivity contribution in [3.05, 3.63) is 0 Å². The average Bonchev–Trinajstić information content (AvgIpc) is 2.03. The average molecular weight is 162 g/mol. The van der Waals surface area contributed by atoms with E-state index in [1.165, 1.54) is 0 Å². The summed E-state index contributed by atoms with van der Waals surface area (Å²) in [7, 11) is 1.60. The topological polar surface area (TPSA) is 38.7 Å². The summed E-state index contributed by atoms with van der Waals surface area (Å²) in [6, 6.07) is 0. The molecule has 0 saturated heterocycles. The summed E-state index contributed by atoms with van der Waals surface area (Å²) in [6.45, 7) is 4.88. The fourth-order valence-corrected chi connectivity index (χ4v) is 0.942. The highest BCUT2D eigenvalue weighted by atomic mass is 16.5. The van der Waals surface area contributed by atoms with Gasteiger partial charge >= 0.3 is 0 Å². The van der Waals surface area contributed by atoms with Gasteiger partial charge < -0.3 is 14.6 Å². The molecule has 0 aromatic rings. The Hall–Kier alpha value is -0.120. The lowest BCUT2D eigenvalue weighted by Crippen LogP contribution is -2.31. The molecular weight excluding hydrogens is 144 g/mol. The first-order chi connectivity index (χ1) is 5.26. The molecule has 3 nitrogen and oxygen atoms in total. The second kappa shape index (κ2) is 6.58. The number of methoxy groups -OCH3 is 1. The maximum Gasteiger partial charge on any atom is 0.103 e. The van der Waals surface area contributed by atoms with Gasteiger partial charge in [0.25, 0.3) is 0 Å². The van der Waals surface area contributed by atoms with Crippen molar-refractivity contribution in [3.8, 4) is 0 Å². The summed E-state index contributed by atoms with van der Waals surface area (Å²) in [6.07, 6.45) is 0.219. The van der Waals surface area contributed by atoms with Gasteiger partial charge in [0, 0.05) is 13.7 Å². The summed E-state index contributed by atoms with van der Waals surface area (Å²) in [4.78, 5) is 0. The highest BCUT2D eigenvalue weighted by Crippen LogP contribution is 2.03. The molecule has 3 heteroatoms. The van der Waals surface area contributed by atoms with Crippen molar-refractivity contribution in [3.63, 3.8) is 0 Å². The smallest absolute Gasteiger partial charge is 0.103 e. The van der Waals surface area contributed by atoms with Crippen molar-refractivity contribution in [2.45, 2.75) is 32.5 Å². The predicted molar refractivity (Wildman–Crippen MR) is 43.6 cm³/mol. The van der Waals surface area contributed by atoms with Crippen LogP contribution < -0.4 is 0 Å². The summed E-state index contributed by atoms with van der Waals surface area (Å²) in [5.74, 6) is 0. The largest absolute Gasteiger partial charge is 0.388 e. The number of hydrogen-bond donors (Lipinski definition) is 1. The van der Waals surface area contributed by atoms with E-state index in [4.69, 9.17) is 9.47 Å². The van der Waals surface area contributed by atoms with Crippen molar-refractivity contribution in [2.24, 2.45) is 0 Å². The van der Waals surface area contributed by atoms with Crippen LogP contribution in [0.15, 0.2) is 0 Å². The zero-order valence-electron chi connectivity index (χ0n) is 7.54. The van der Waals surface area contributed by atoms with Crippen molar-refractivity contribution in [2.75, 3.05) is 20.3 Å². The molecule has 0 aliphatic rings. The van der Waals surface area contributed by atoms with Crippen LogP contribution in [-0.2, 0) is 9.47 Å². The molecule has 68 valence electrons. The van der Waals surface area contributed by atoms with Crippen LogP contribution in [0, 0.1) is 0 Å². The van der Waals surface area contributed by atoms with E-state index in [2.05, 4.69) is 0 Å². The molecule has 0 saturated carbocycles. The van der Waals surface area contributed by atoms with E-state index in [9.17, 15) is 5.11 Å². The normalized spacial score (nSPS) is 16.4. The van der Waals surface area contributed by atoms with Gasteiger partial charge in [-0.2, -0.15) is 0 Å². The van der Waals surface area contributed by atoms with E-state index < -0.39 is 6.10 Å². The minimum Gasteiger partial charge on any atom is -0.388 e. The van der Waals surface area contributed by atoms with Gasteiger partial charge in [-0.3, -0.25) is 0 Å². The third kappa shape index (κ3) is 4.35. The lowest BCUT2D eigenvalue weighted by molar-refractivity contribution is -0.0548. The second-order valence-corrected chi connectivity index (χ2v) is 2.41. The maximum absolute atomic E-state index is 9.39. The molecule has 0 heterocycles. The van der Waals surface area contributed by atoms with E-state index >= 15 is 0 Å². The third-order valence-electron chi connectivity index (χ3n) is 1.63. The van der Waals surface area contributed by atoms with E-state index in [-0.39, 0.29) is 6.10 Å². The Labute approximate surface area is 68.3 Å². The van der Waals surface area contributed by atoms with Gasteiger partial charge in [0.15, 0.2) is 0 Å². The Morgan fingerprint density at radius 1 is 1.36 bits per heavy atom. The number of ether oxygens (including phenoxy) is 2. The molecule has 0 aliphatic carbocycles. The first kappa shape index (κ1) is 10.9. The van der Waals surface area contributed by atoms with E-state index in [1.807, 2.05) is 13.8 Å². The Bertz CT molecular complexity index is 81.4. The van der Waals surface area contributed by atoms with E-state index in [0.717, 1.165) is 6.42 Å². The van der Waals surface area contributed by atoms with Gasteiger partial charge in [0.05, 0.1) is 12.7 Å². The fourth-order valence-electron chi connectivity index (χ4n) is 0.942. The van der Waals surface area contributed by atoms with Crippen LogP contribution in [0.25, 0.3) is 0 Å². The molecule has 0 aromatic carbocycles. The van der Waals surface area contributed by atoms with Crippen LogP contribution in [-0.4, -0.2) is 37.6 Å². The van der Waals surface area contributed by atoms with E-state index in [0.29, 0.717) is 13.2 Å². The summed E-state index contributed by atoms with van der Waals surface area (Å²) in [5, 5.41) is 9.39. The predicted octanol–water partition coefficient (Wildman–Crippen LogP) is 0.809. The van der Waals surface area contributed by atoms with Crippen molar-refractivity contribution >= 4 is 0 Å². The number of aliphatic hydroxyl groups is 1. The van der Waals surface area contributed by atoms with Crippen molar-refractivity contribution in [1.82, 2.24) is 0 Å². The number of rotatable bonds is 6. The standard InChI is InChI=1S/C8H18O3/c1-4-8(10-3)7(9)6-11-5-2/h7-9H,4-6H2,1-3H3. The van der Waals surface area contributed by atoms with Crippen LogP contribution in [0.2, 0.25) is 0 Å². The van der Waals surface area contributed by atoms with Crippen LogP contribution in [0.3, 0.4) is 0 Å². The van der Waals surface area contributed by atoms with Crippen LogP contribution >= 0.6 is 0 Å². The fraction of sp³-hybridized carbons (Fsp3) is 1.00. The highest BCUT2D eigenvalue weighted by molar-refractivity contribution is 4.65. The summed E-state index contributed by atoms with van der Waals surface area (Å²) >= 11 is 0. The number of aliphatic hydroxyl groups excluding tert-OH is 1. The van der Waals surface area contributed by atoms with Gasteiger partial charge in [-0.05, 0) is 13.3 Å². The Balaban J connectivity index is 3.51. The van der Waals surface area contributed by atoms with Crippen molar-refractivity contribution in [1.29, 1.82) is 0 Å². The zero-order valence-corrected chi connectivity index (χ0v) is 7.54. The Morgan fingerprint density at radius 2 is 2.00 bits per heavy atom. The quantitative estimate of drug-likeness (QED) is 0.628. The molecule has 0 radical (unpaired) electrons. The lowest BCUT2D eigenvalue weighted by Gasteiger charge is -2.19. The van der Waals surface area contributed by atoms with Crippen LogP contribution in [0.1, 0.15) is 20.3 Å². The summed E-state index contributed by atoms with van der Waals surface area (Å²) < 4.78 is 10.1. The summed E-state index contributed by atoms with van der Waals surface area (Å²) in [5.41, 5.74) is 0. The van der Waals surface area contributed by atoms with Crippen LogP contribution in [0.5, 0.6) is 0 Å². The van der Waals surface area contributed by atoms with Gasteiger partial charge in [0.2, 0.25) is 0 Å². The van der Waals surface area contributed by atoms with Gasteiger partial charge in [-0.15, -0.1) is 0 Å². The number of hydrogen-bond acceptors (Lipinski definition) is 3. The monoisotopic (exact) mass is 162 g/mol. The van der Waals surface area contributed by atoms with Crippen LogP contribution in [0.4, 0.5) is 0 Å². The minimum atomic E-state index is -0.495. The second-order valence-electron chi connectivity index (χ2n) is 2.41. The molecule has 0 fully saturated rings. The minimum absolute atomic E-state index is 0.0958. The molecule has 0 spiro atoms. The maximum atomic E-state index is 9.39. The molecule has 0 aliphatic heterocycles. The van der Waals surface area contributed by atoms with E-state index in [1.54, 1.807) is 7.11 Å². The Morgan fingerprint density at radius 3 is 2.36 bits per heavy atom. The van der Waals surface area contributed by atoms with Gasteiger partial charge in [-0.1, -0.05) is 6.92 Å². The first-order valence-corrected chi connectivity index (χ1v) is 4.04. The molecule has 0 aromatic heterocycles. The molecule has 0 bridgehead atoms. The zero-order chi connectivity index (χ0) is 8.69. The van der Waals surface area contributed by atoms with Crippen molar-refractivity contribution < 1.29 is 14.6 Å². The molecule has 2 atom stereocenters. The molecule has 0 amide bonds. The highest BCUT2D eigenvalue weighted by Gasteiger charge is 2.15. The van der Waals surface area contributed by atoms with Gasteiger partial charge in [0.1, 0.15) is 6.10 Å². The lowest BCUT2D eigenvalue weighted by atomic mass is 10.2. The SMILES string of the molecule is CCOCC(O)C(CC)OC.